The van der Waals surface area contributed by atoms with Gasteiger partial charge in [-0.2, -0.15) is 0 Å². The summed E-state index contributed by atoms with van der Waals surface area (Å²) in [6, 6.07) is 7.73. The normalized spacial score (nSPS) is 18.5. The van der Waals surface area contributed by atoms with E-state index >= 15 is 0 Å². The molecule has 1 unspecified atom stereocenters. The van der Waals surface area contributed by atoms with Crippen LogP contribution in [-0.2, 0) is 16.1 Å². The first-order chi connectivity index (χ1) is 9.33. The maximum Gasteiger partial charge on any atom is 0.239 e. The Bertz CT molecular complexity index is 551. The van der Waals surface area contributed by atoms with Gasteiger partial charge in [-0.15, -0.1) is 23.7 Å². The molecular weight excluding hydrogens is 298 g/mol. The van der Waals surface area contributed by atoms with Gasteiger partial charge in [-0.25, -0.2) is 4.98 Å². The third-order valence-electron chi connectivity index (χ3n) is 2.99. The Kier molecular flexibility index (Phi) is 5.31. The van der Waals surface area contributed by atoms with Crippen molar-refractivity contribution in [1.29, 1.82) is 0 Å². The van der Waals surface area contributed by atoms with Crippen LogP contribution in [0.1, 0.15) is 5.01 Å². The summed E-state index contributed by atoms with van der Waals surface area (Å²) in [6.07, 6.45) is 0. The first-order valence-corrected chi connectivity index (χ1v) is 7.08. The van der Waals surface area contributed by atoms with Gasteiger partial charge in [-0.05, 0) is 12.1 Å². The minimum absolute atomic E-state index is 0. The van der Waals surface area contributed by atoms with Gasteiger partial charge in [0.25, 0.3) is 0 Å². The Labute approximate surface area is 127 Å². The molecular formula is C13H16ClN3O2S. The number of hydrogen-bond donors (Lipinski definition) is 2. The molecule has 5 nitrogen and oxygen atoms in total. The molecule has 1 fully saturated rings. The van der Waals surface area contributed by atoms with E-state index in [1.165, 1.54) is 0 Å². The zero-order chi connectivity index (χ0) is 13.1. The number of carbonyl (C=O) groups excluding carboxylic acids is 1. The maximum absolute atomic E-state index is 11.9. The Morgan fingerprint density at radius 3 is 3.10 bits per heavy atom. The number of amides is 1. The minimum atomic E-state index is -0.247. The molecule has 7 heteroatoms. The van der Waals surface area contributed by atoms with E-state index in [-0.39, 0.29) is 24.4 Å². The smallest absolute Gasteiger partial charge is 0.239 e. The van der Waals surface area contributed by atoms with Crippen molar-refractivity contribution in [3.8, 4) is 0 Å². The fourth-order valence-electron chi connectivity index (χ4n) is 2.02. The average Bonchev–Trinajstić information content (AvgIpc) is 2.88. The number of benzene rings is 1. The summed E-state index contributed by atoms with van der Waals surface area (Å²) in [5, 5.41) is 6.95. The fraction of sp³-hybridized carbons (Fsp3) is 0.385. The van der Waals surface area contributed by atoms with Crippen LogP contribution in [0.2, 0.25) is 0 Å². The molecule has 2 N–H and O–H groups in total. The molecule has 1 aromatic heterocycles. The van der Waals surface area contributed by atoms with E-state index in [0.29, 0.717) is 19.8 Å². The van der Waals surface area contributed by atoms with Gasteiger partial charge in [0.1, 0.15) is 11.0 Å². The van der Waals surface area contributed by atoms with E-state index in [4.69, 9.17) is 4.74 Å². The number of fused-ring (bicyclic) bond motifs is 1. The van der Waals surface area contributed by atoms with Crippen molar-refractivity contribution in [2.45, 2.75) is 12.6 Å². The van der Waals surface area contributed by atoms with Crippen LogP contribution in [-0.4, -0.2) is 36.7 Å². The lowest BCUT2D eigenvalue weighted by Crippen LogP contribution is -2.51. The molecule has 1 saturated heterocycles. The number of para-hydroxylation sites is 1. The number of rotatable bonds is 3. The number of morpholine rings is 1. The highest BCUT2D eigenvalue weighted by molar-refractivity contribution is 7.18. The lowest BCUT2D eigenvalue weighted by Gasteiger charge is -2.22. The summed E-state index contributed by atoms with van der Waals surface area (Å²) in [7, 11) is 0. The standard InChI is InChI=1S/C13H15N3O2S.ClH/c17-13(10-8-18-6-5-14-10)15-7-12-16-9-3-1-2-4-11(9)19-12;/h1-4,10,14H,5-8H2,(H,15,17);1H. The quantitative estimate of drug-likeness (QED) is 0.897. The number of halogens is 1. The molecule has 108 valence electrons. The van der Waals surface area contributed by atoms with Gasteiger partial charge in [0.15, 0.2) is 0 Å². The van der Waals surface area contributed by atoms with Crippen LogP contribution in [0.4, 0.5) is 0 Å². The van der Waals surface area contributed by atoms with Crippen molar-refractivity contribution in [3.05, 3.63) is 29.3 Å². The molecule has 0 aliphatic carbocycles. The zero-order valence-electron chi connectivity index (χ0n) is 10.8. The molecule has 1 amide bonds. The van der Waals surface area contributed by atoms with E-state index in [1.54, 1.807) is 11.3 Å². The molecule has 0 bridgehead atoms. The second-order valence-corrected chi connectivity index (χ2v) is 5.49. The van der Waals surface area contributed by atoms with Crippen LogP contribution < -0.4 is 10.6 Å². The zero-order valence-corrected chi connectivity index (χ0v) is 12.4. The molecule has 1 atom stereocenters. The molecule has 3 rings (SSSR count). The number of thiazole rings is 1. The Balaban J connectivity index is 0.00000147. The van der Waals surface area contributed by atoms with Gasteiger partial charge in [-0.1, -0.05) is 12.1 Å². The molecule has 0 spiro atoms. The van der Waals surface area contributed by atoms with Crippen LogP contribution in [0.3, 0.4) is 0 Å². The van der Waals surface area contributed by atoms with Gasteiger partial charge < -0.3 is 15.4 Å². The number of aromatic nitrogens is 1. The van der Waals surface area contributed by atoms with Gasteiger partial charge in [0, 0.05) is 6.54 Å². The average molecular weight is 314 g/mol. The SMILES string of the molecule is Cl.O=C(NCc1nc2ccccc2s1)C1COCCN1. The number of carbonyl (C=O) groups is 1. The highest BCUT2D eigenvalue weighted by atomic mass is 35.5. The van der Waals surface area contributed by atoms with Crippen molar-refractivity contribution in [1.82, 2.24) is 15.6 Å². The molecule has 1 aliphatic heterocycles. The number of ether oxygens (including phenoxy) is 1. The molecule has 0 radical (unpaired) electrons. The fourth-order valence-corrected chi connectivity index (χ4v) is 2.92. The molecule has 0 saturated carbocycles. The highest BCUT2D eigenvalue weighted by Crippen LogP contribution is 2.21. The van der Waals surface area contributed by atoms with E-state index in [9.17, 15) is 4.79 Å². The van der Waals surface area contributed by atoms with Crippen LogP contribution in [0, 0.1) is 0 Å². The predicted molar refractivity (Wildman–Crippen MR) is 81.3 cm³/mol. The van der Waals surface area contributed by atoms with Crippen LogP contribution in [0.5, 0.6) is 0 Å². The van der Waals surface area contributed by atoms with Crippen molar-refractivity contribution < 1.29 is 9.53 Å². The topological polar surface area (TPSA) is 63.2 Å². The molecule has 20 heavy (non-hydrogen) atoms. The Hall–Kier alpha value is -1.21. The summed E-state index contributed by atoms with van der Waals surface area (Å²) in [5.74, 6) is -0.0287. The van der Waals surface area contributed by atoms with Crippen molar-refractivity contribution in [2.24, 2.45) is 0 Å². The second kappa shape index (κ2) is 6.99. The largest absolute Gasteiger partial charge is 0.378 e. The van der Waals surface area contributed by atoms with Crippen LogP contribution in [0.15, 0.2) is 24.3 Å². The van der Waals surface area contributed by atoms with Gasteiger partial charge in [0.05, 0.1) is 30.0 Å². The van der Waals surface area contributed by atoms with Gasteiger partial charge in [-0.3, -0.25) is 4.79 Å². The summed E-state index contributed by atoms with van der Waals surface area (Å²) in [6.45, 7) is 2.29. The van der Waals surface area contributed by atoms with E-state index in [1.807, 2.05) is 24.3 Å². The number of hydrogen-bond acceptors (Lipinski definition) is 5. The number of nitrogens with one attached hydrogen (secondary N) is 2. The second-order valence-electron chi connectivity index (χ2n) is 4.37. The predicted octanol–water partition coefficient (Wildman–Crippen LogP) is 1.32. The van der Waals surface area contributed by atoms with E-state index < -0.39 is 0 Å². The Morgan fingerprint density at radius 1 is 1.50 bits per heavy atom. The monoisotopic (exact) mass is 313 g/mol. The summed E-state index contributed by atoms with van der Waals surface area (Å²) in [4.78, 5) is 16.4. The van der Waals surface area contributed by atoms with Crippen LogP contribution >= 0.6 is 23.7 Å². The third kappa shape index (κ3) is 3.46. The lowest BCUT2D eigenvalue weighted by atomic mass is 10.2. The first kappa shape index (κ1) is 15.2. The molecule has 2 aromatic rings. The molecule has 1 aromatic carbocycles. The summed E-state index contributed by atoms with van der Waals surface area (Å²) >= 11 is 1.61. The number of nitrogens with zero attached hydrogens (tertiary/aromatic N) is 1. The van der Waals surface area contributed by atoms with Gasteiger partial charge >= 0.3 is 0 Å². The minimum Gasteiger partial charge on any atom is -0.378 e. The van der Waals surface area contributed by atoms with Crippen molar-refractivity contribution in [2.75, 3.05) is 19.8 Å². The third-order valence-corrected chi connectivity index (χ3v) is 4.03. The van der Waals surface area contributed by atoms with E-state index in [0.717, 1.165) is 21.8 Å². The van der Waals surface area contributed by atoms with E-state index in [2.05, 4.69) is 15.6 Å². The first-order valence-electron chi connectivity index (χ1n) is 6.26. The summed E-state index contributed by atoms with van der Waals surface area (Å²) < 4.78 is 6.41. The summed E-state index contributed by atoms with van der Waals surface area (Å²) in [5.41, 5.74) is 0.982. The molecule has 1 aliphatic rings. The van der Waals surface area contributed by atoms with Crippen molar-refractivity contribution in [3.63, 3.8) is 0 Å². The Morgan fingerprint density at radius 2 is 2.35 bits per heavy atom. The van der Waals surface area contributed by atoms with Crippen LogP contribution in [0.25, 0.3) is 10.2 Å². The highest BCUT2D eigenvalue weighted by Gasteiger charge is 2.20. The maximum atomic E-state index is 11.9. The molecule has 2 heterocycles. The lowest BCUT2D eigenvalue weighted by molar-refractivity contribution is -0.126. The van der Waals surface area contributed by atoms with Crippen molar-refractivity contribution >= 4 is 39.9 Å². The van der Waals surface area contributed by atoms with Gasteiger partial charge in [0.2, 0.25) is 5.91 Å².